The number of nitrogens with two attached hydrogens (primary N) is 1. The number of pyridine rings is 1. The molecule has 1 aliphatic heterocycles. The minimum absolute atomic E-state index is 0. The third-order valence-electron chi connectivity index (χ3n) is 4.10. The number of fused-ring (bicyclic) bond motifs is 1. The fourth-order valence-corrected chi connectivity index (χ4v) is 2.82. The Morgan fingerprint density at radius 1 is 1.18 bits per heavy atom. The van der Waals surface area contributed by atoms with Gasteiger partial charge in [0.05, 0.1) is 11.1 Å². The maximum Gasteiger partial charge on any atom is 0.256 e. The summed E-state index contributed by atoms with van der Waals surface area (Å²) in [5.74, 6) is 0.648. The number of amides is 1. The van der Waals surface area contributed by atoms with Gasteiger partial charge in [0.2, 0.25) is 0 Å². The molecule has 2 N–H and O–H groups in total. The van der Waals surface area contributed by atoms with Crippen LogP contribution in [0, 0.1) is 5.92 Å². The van der Waals surface area contributed by atoms with Gasteiger partial charge in [0.25, 0.3) is 5.91 Å². The Morgan fingerprint density at radius 3 is 2.55 bits per heavy atom. The highest BCUT2D eigenvalue weighted by Gasteiger charge is 2.24. The molecule has 1 aromatic heterocycles. The lowest BCUT2D eigenvalue weighted by molar-refractivity contribution is 0.0695. The minimum atomic E-state index is 0. The summed E-state index contributed by atoms with van der Waals surface area (Å²) in [5.41, 5.74) is 7.19. The Kier molecular flexibility index (Phi) is 7.07. The zero-order valence-corrected chi connectivity index (χ0v) is 13.9. The van der Waals surface area contributed by atoms with Crippen LogP contribution in [0.5, 0.6) is 0 Å². The molecule has 0 unspecified atom stereocenters. The largest absolute Gasteiger partial charge is 0.339 e. The van der Waals surface area contributed by atoms with Gasteiger partial charge in [-0.25, -0.2) is 0 Å². The summed E-state index contributed by atoms with van der Waals surface area (Å²) in [6.07, 6.45) is 3.74. The molecule has 0 bridgehead atoms. The number of para-hydroxylation sites is 1. The van der Waals surface area contributed by atoms with Crippen molar-refractivity contribution in [1.29, 1.82) is 0 Å². The second kappa shape index (κ2) is 8.32. The van der Waals surface area contributed by atoms with Gasteiger partial charge in [0.15, 0.2) is 0 Å². The Balaban J connectivity index is 0.00000121. The van der Waals surface area contributed by atoms with Crippen LogP contribution in [0.3, 0.4) is 0 Å². The van der Waals surface area contributed by atoms with E-state index in [2.05, 4.69) is 4.98 Å². The van der Waals surface area contributed by atoms with Crippen LogP contribution >= 0.6 is 24.8 Å². The molecule has 1 amide bonds. The van der Waals surface area contributed by atoms with Gasteiger partial charge in [0, 0.05) is 24.7 Å². The smallest absolute Gasteiger partial charge is 0.256 e. The van der Waals surface area contributed by atoms with E-state index in [1.165, 1.54) is 0 Å². The number of halogens is 2. The van der Waals surface area contributed by atoms with E-state index < -0.39 is 0 Å². The van der Waals surface area contributed by atoms with Crippen LogP contribution in [0.1, 0.15) is 23.2 Å². The van der Waals surface area contributed by atoms with E-state index in [-0.39, 0.29) is 30.7 Å². The van der Waals surface area contributed by atoms with Crippen molar-refractivity contribution in [1.82, 2.24) is 9.88 Å². The lowest BCUT2D eigenvalue weighted by Gasteiger charge is -2.31. The van der Waals surface area contributed by atoms with Crippen LogP contribution in [0.2, 0.25) is 0 Å². The summed E-state index contributed by atoms with van der Waals surface area (Å²) in [5, 5.41) is 1.01. The second-order valence-electron chi connectivity index (χ2n) is 5.35. The molecular formula is C16H21Cl2N3O. The molecular weight excluding hydrogens is 321 g/mol. The topological polar surface area (TPSA) is 59.2 Å². The molecule has 1 aliphatic rings. The Labute approximate surface area is 142 Å². The molecule has 0 spiro atoms. The van der Waals surface area contributed by atoms with E-state index in [4.69, 9.17) is 5.73 Å². The number of rotatable bonds is 2. The van der Waals surface area contributed by atoms with Crippen molar-refractivity contribution in [2.24, 2.45) is 11.7 Å². The number of hydrogen-bond acceptors (Lipinski definition) is 3. The van der Waals surface area contributed by atoms with E-state index >= 15 is 0 Å². The van der Waals surface area contributed by atoms with Crippen LogP contribution in [0.15, 0.2) is 36.5 Å². The quantitative estimate of drug-likeness (QED) is 0.913. The van der Waals surface area contributed by atoms with E-state index in [1.54, 1.807) is 6.20 Å². The highest BCUT2D eigenvalue weighted by molar-refractivity contribution is 6.05. The van der Waals surface area contributed by atoms with Crippen molar-refractivity contribution in [2.45, 2.75) is 12.8 Å². The molecule has 4 nitrogen and oxygen atoms in total. The van der Waals surface area contributed by atoms with Gasteiger partial charge in [0.1, 0.15) is 0 Å². The van der Waals surface area contributed by atoms with Crippen molar-refractivity contribution in [3.05, 3.63) is 42.1 Å². The average molecular weight is 342 g/mol. The fraction of sp³-hybridized carbons (Fsp3) is 0.375. The molecule has 22 heavy (non-hydrogen) atoms. The van der Waals surface area contributed by atoms with Gasteiger partial charge in [-0.3, -0.25) is 9.78 Å². The summed E-state index contributed by atoms with van der Waals surface area (Å²) in [6.45, 7) is 2.31. The number of hydrogen-bond donors (Lipinski definition) is 1. The molecule has 1 fully saturated rings. The van der Waals surface area contributed by atoms with Crippen LogP contribution in [0.25, 0.3) is 10.9 Å². The van der Waals surface area contributed by atoms with Gasteiger partial charge in [-0.2, -0.15) is 0 Å². The summed E-state index contributed by atoms with van der Waals surface area (Å²) in [7, 11) is 0. The Bertz CT molecular complexity index is 622. The molecule has 0 atom stereocenters. The molecule has 1 aromatic carbocycles. The monoisotopic (exact) mass is 341 g/mol. The van der Waals surface area contributed by atoms with E-state index in [1.807, 2.05) is 35.2 Å². The van der Waals surface area contributed by atoms with Crippen LogP contribution in [-0.4, -0.2) is 35.4 Å². The Morgan fingerprint density at radius 2 is 1.86 bits per heavy atom. The molecule has 2 aromatic rings. The molecule has 2 heterocycles. The van der Waals surface area contributed by atoms with Crippen LogP contribution < -0.4 is 5.73 Å². The van der Waals surface area contributed by atoms with E-state index in [0.717, 1.165) is 43.4 Å². The van der Waals surface area contributed by atoms with Gasteiger partial charge >= 0.3 is 0 Å². The lowest BCUT2D eigenvalue weighted by atomic mass is 9.96. The molecule has 120 valence electrons. The SMILES string of the molecule is Cl.Cl.NCC1CCN(C(=O)c2cccc3cccnc23)CC1. The highest BCUT2D eigenvalue weighted by Crippen LogP contribution is 2.21. The number of carbonyl (C=O) groups is 1. The second-order valence-corrected chi connectivity index (χ2v) is 5.35. The van der Waals surface area contributed by atoms with Crippen molar-refractivity contribution in [3.63, 3.8) is 0 Å². The van der Waals surface area contributed by atoms with E-state index in [0.29, 0.717) is 11.5 Å². The first kappa shape index (κ1) is 18.7. The summed E-state index contributed by atoms with van der Waals surface area (Å²) < 4.78 is 0. The van der Waals surface area contributed by atoms with E-state index in [9.17, 15) is 4.79 Å². The average Bonchev–Trinajstić information content (AvgIpc) is 2.54. The molecule has 1 saturated heterocycles. The van der Waals surface area contributed by atoms with Crippen molar-refractivity contribution in [3.8, 4) is 0 Å². The summed E-state index contributed by atoms with van der Waals surface area (Å²) in [6, 6.07) is 9.65. The molecule has 0 saturated carbocycles. The van der Waals surface area contributed by atoms with Gasteiger partial charge in [-0.05, 0) is 37.4 Å². The fourth-order valence-electron chi connectivity index (χ4n) is 2.82. The standard InChI is InChI=1S/C16H19N3O.2ClH/c17-11-12-6-9-19(10-7-12)16(20)14-5-1-3-13-4-2-8-18-15(13)14;;/h1-5,8,12H,6-7,9-11,17H2;2*1H. The van der Waals surface area contributed by atoms with Crippen molar-refractivity contribution in [2.75, 3.05) is 19.6 Å². The summed E-state index contributed by atoms with van der Waals surface area (Å²) >= 11 is 0. The third-order valence-corrected chi connectivity index (χ3v) is 4.10. The predicted octanol–water partition coefficient (Wildman–Crippen LogP) is 2.89. The maximum absolute atomic E-state index is 12.7. The summed E-state index contributed by atoms with van der Waals surface area (Å²) in [4.78, 5) is 19.0. The molecule has 6 heteroatoms. The first-order valence-electron chi connectivity index (χ1n) is 7.12. The number of aromatic nitrogens is 1. The zero-order chi connectivity index (χ0) is 13.9. The Hall–Kier alpha value is -1.36. The normalized spacial score (nSPS) is 15.0. The number of carbonyl (C=O) groups excluding carboxylic acids is 1. The third kappa shape index (κ3) is 3.69. The number of likely N-dealkylation sites (tertiary alicyclic amines) is 1. The molecule has 0 aliphatic carbocycles. The van der Waals surface area contributed by atoms with Crippen molar-refractivity contribution >= 4 is 41.6 Å². The van der Waals surface area contributed by atoms with Gasteiger partial charge < -0.3 is 10.6 Å². The van der Waals surface area contributed by atoms with Crippen molar-refractivity contribution < 1.29 is 4.79 Å². The molecule has 3 rings (SSSR count). The lowest BCUT2D eigenvalue weighted by Crippen LogP contribution is -2.40. The number of benzene rings is 1. The molecule has 0 radical (unpaired) electrons. The highest BCUT2D eigenvalue weighted by atomic mass is 35.5. The van der Waals surface area contributed by atoms with Gasteiger partial charge in [-0.15, -0.1) is 24.8 Å². The first-order valence-corrected chi connectivity index (χ1v) is 7.12. The number of piperidine rings is 1. The predicted molar refractivity (Wildman–Crippen MR) is 93.9 cm³/mol. The maximum atomic E-state index is 12.7. The first-order chi connectivity index (χ1) is 9.79. The zero-order valence-electron chi connectivity index (χ0n) is 12.3. The number of nitrogens with zero attached hydrogens (tertiary/aromatic N) is 2. The van der Waals surface area contributed by atoms with Gasteiger partial charge in [-0.1, -0.05) is 18.2 Å². The minimum Gasteiger partial charge on any atom is -0.339 e. The van der Waals surface area contributed by atoms with Crippen LogP contribution in [-0.2, 0) is 0 Å². The van der Waals surface area contributed by atoms with Crippen LogP contribution in [0.4, 0.5) is 0 Å².